The molecule has 2 rings (SSSR count). The molecule has 0 atom stereocenters. The Balaban J connectivity index is 2.90. The van der Waals surface area contributed by atoms with Crippen molar-refractivity contribution in [2.45, 2.75) is 31.1 Å². The summed E-state index contributed by atoms with van der Waals surface area (Å²) in [5, 5.41) is 6.68. The molecule has 0 amide bonds. The van der Waals surface area contributed by atoms with E-state index in [1.54, 1.807) is 24.5 Å². The Hall–Kier alpha value is -1.46. The summed E-state index contributed by atoms with van der Waals surface area (Å²) in [7, 11) is -3.74. The Morgan fingerprint density at radius 2 is 1.89 bits per heavy atom. The van der Waals surface area contributed by atoms with Crippen LogP contribution in [0, 0.1) is 0 Å². The van der Waals surface area contributed by atoms with Crippen molar-refractivity contribution in [3.05, 3.63) is 36.2 Å². The lowest BCUT2D eigenvalue weighted by Gasteiger charge is -2.20. The van der Waals surface area contributed by atoms with E-state index in [-0.39, 0.29) is 10.3 Å². The normalized spacial score (nSPS) is 12.9. The number of hydrogen-bond acceptors (Lipinski definition) is 3. The van der Waals surface area contributed by atoms with Crippen molar-refractivity contribution in [1.29, 1.82) is 0 Å². The smallest absolute Gasteiger partial charge is 0.238 e. The Morgan fingerprint density at radius 1 is 1.22 bits per heavy atom. The van der Waals surface area contributed by atoms with Crippen LogP contribution in [0.3, 0.4) is 0 Å². The highest BCUT2D eigenvalue weighted by Gasteiger charge is 2.20. The third-order valence-electron chi connectivity index (χ3n) is 2.89. The van der Waals surface area contributed by atoms with Crippen molar-refractivity contribution in [3.63, 3.8) is 0 Å². The molecule has 0 aliphatic heterocycles. The van der Waals surface area contributed by atoms with Crippen LogP contribution in [0.25, 0.3) is 10.8 Å². The van der Waals surface area contributed by atoms with E-state index in [0.717, 1.165) is 10.9 Å². The van der Waals surface area contributed by atoms with Gasteiger partial charge in [0.25, 0.3) is 0 Å². The van der Waals surface area contributed by atoms with Crippen LogP contribution in [0.2, 0.25) is 0 Å². The molecule has 0 unspecified atom stereocenters. The van der Waals surface area contributed by atoms with Crippen LogP contribution in [0.4, 0.5) is 0 Å². The number of benzene rings is 1. The molecule has 4 nitrogen and oxygen atoms in total. The molecule has 18 heavy (non-hydrogen) atoms. The molecule has 1 heterocycles. The second kappa shape index (κ2) is 4.03. The van der Waals surface area contributed by atoms with E-state index in [1.165, 1.54) is 0 Å². The van der Waals surface area contributed by atoms with E-state index in [9.17, 15) is 8.42 Å². The number of aromatic nitrogens is 1. The van der Waals surface area contributed by atoms with Gasteiger partial charge in [0.2, 0.25) is 10.0 Å². The summed E-state index contributed by atoms with van der Waals surface area (Å²) < 4.78 is 23.4. The Labute approximate surface area is 107 Å². The van der Waals surface area contributed by atoms with Gasteiger partial charge in [0.1, 0.15) is 0 Å². The molecule has 0 fully saturated rings. The molecule has 1 aromatic carbocycles. The van der Waals surface area contributed by atoms with Gasteiger partial charge in [-0.1, -0.05) is 20.8 Å². The molecule has 0 saturated carbocycles. The van der Waals surface area contributed by atoms with E-state index in [1.807, 2.05) is 26.8 Å². The molecule has 96 valence electrons. The van der Waals surface area contributed by atoms with Gasteiger partial charge in [-0.2, -0.15) is 0 Å². The first-order valence-corrected chi connectivity index (χ1v) is 7.15. The van der Waals surface area contributed by atoms with Gasteiger partial charge in [-0.05, 0) is 29.2 Å². The summed E-state index contributed by atoms with van der Waals surface area (Å²) in [5.74, 6) is 0. The van der Waals surface area contributed by atoms with Gasteiger partial charge < -0.3 is 0 Å². The molecular formula is C13H16N2O2S. The predicted molar refractivity (Wildman–Crippen MR) is 71.8 cm³/mol. The second-order valence-electron chi connectivity index (χ2n) is 5.37. The lowest BCUT2D eigenvalue weighted by Crippen LogP contribution is -2.16. The highest BCUT2D eigenvalue weighted by molar-refractivity contribution is 7.89. The largest absolute Gasteiger partial charge is 0.264 e. The third-order valence-corrected chi connectivity index (χ3v) is 3.84. The predicted octanol–water partition coefficient (Wildman–Crippen LogP) is 2.18. The summed E-state index contributed by atoms with van der Waals surface area (Å²) >= 11 is 0. The Kier molecular flexibility index (Phi) is 2.91. The van der Waals surface area contributed by atoms with Crippen LogP contribution >= 0.6 is 0 Å². The van der Waals surface area contributed by atoms with Crippen molar-refractivity contribution in [3.8, 4) is 0 Å². The van der Waals surface area contributed by atoms with Crippen molar-refractivity contribution in [2.75, 3.05) is 0 Å². The Bertz CT molecular complexity index is 700. The van der Waals surface area contributed by atoms with Crippen molar-refractivity contribution < 1.29 is 8.42 Å². The fourth-order valence-corrected chi connectivity index (χ4v) is 2.63. The van der Waals surface area contributed by atoms with Crippen LogP contribution in [-0.2, 0) is 15.4 Å². The van der Waals surface area contributed by atoms with Crippen LogP contribution in [-0.4, -0.2) is 13.4 Å². The van der Waals surface area contributed by atoms with Crippen LogP contribution in [0.5, 0.6) is 0 Å². The molecule has 0 aliphatic carbocycles. The van der Waals surface area contributed by atoms with Gasteiger partial charge in [-0.15, -0.1) is 0 Å². The number of nitrogens with two attached hydrogens (primary N) is 1. The van der Waals surface area contributed by atoms with Crippen LogP contribution < -0.4 is 5.14 Å². The number of rotatable bonds is 1. The molecule has 0 radical (unpaired) electrons. The molecule has 1 aromatic heterocycles. The Morgan fingerprint density at radius 3 is 2.44 bits per heavy atom. The lowest BCUT2D eigenvalue weighted by molar-refractivity contribution is 0.585. The van der Waals surface area contributed by atoms with Gasteiger partial charge in [-0.3, -0.25) is 4.98 Å². The van der Waals surface area contributed by atoms with Crippen molar-refractivity contribution in [2.24, 2.45) is 5.14 Å². The quantitative estimate of drug-likeness (QED) is 0.858. The summed E-state index contributed by atoms with van der Waals surface area (Å²) in [6.45, 7) is 6.08. The molecule has 2 aromatic rings. The SMILES string of the molecule is CC(C)(C)c1cc(S(N)(=O)=O)c2ccncc2c1. The molecule has 0 aliphatic rings. The minimum atomic E-state index is -3.74. The first kappa shape index (κ1) is 13.0. The average Bonchev–Trinajstić information content (AvgIpc) is 2.25. The van der Waals surface area contributed by atoms with Crippen LogP contribution in [0.15, 0.2) is 35.5 Å². The van der Waals surface area contributed by atoms with Gasteiger partial charge in [0.15, 0.2) is 0 Å². The molecule has 0 saturated heterocycles. The standard InChI is InChI=1S/C13H16N2O2S/c1-13(2,3)10-6-9-8-15-5-4-11(9)12(7-10)18(14,16)17/h4-8H,1-3H3,(H2,14,16,17). The minimum Gasteiger partial charge on any atom is -0.264 e. The minimum absolute atomic E-state index is 0.149. The fourth-order valence-electron chi connectivity index (χ4n) is 1.84. The van der Waals surface area contributed by atoms with Gasteiger partial charge in [-0.25, -0.2) is 13.6 Å². The highest BCUT2D eigenvalue weighted by atomic mass is 32.2. The number of nitrogens with zero attached hydrogens (tertiary/aromatic N) is 1. The van der Waals surface area contributed by atoms with E-state index in [4.69, 9.17) is 5.14 Å². The van der Waals surface area contributed by atoms with E-state index in [0.29, 0.717) is 5.39 Å². The first-order valence-electron chi connectivity index (χ1n) is 5.60. The number of primary sulfonamides is 1. The zero-order valence-electron chi connectivity index (χ0n) is 10.6. The summed E-state index contributed by atoms with van der Waals surface area (Å²) in [6.07, 6.45) is 3.22. The maximum Gasteiger partial charge on any atom is 0.238 e. The number of pyridine rings is 1. The van der Waals surface area contributed by atoms with Gasteiger partial charge in [0.05, 0.1) is 4.90 Å². The summed E-state index contributed by atoms with van der Waals surface area (Å²) in [5.41, 5.74) is 0.774. The monoisotopic (exact) mass is 264 g/mol. The topological polar surface area (TPSA) is 73.1 Å². The zero-order valence-corrected chi connectivity index (χ0v) is 11.5. The lowest BCUT2D eigenvalue weighted by atomic mass is 9.86. The molecular weight excluding hydrogens is 248 g/mol. The van der Waals surface area contributed by atoms with Crippen molar-refractivity contribution in [1.82, 2.24) is 4.98 Å². The number of fused-ring (bicyclic) bond motifs is 1. The van der Waals surface area contributed by atoms with Crippen molar-refractivity contribution >= 4 is 20.8 Å². The third kappa shape index (κ3) is 2.37. The number of hydrogen-bond donors (Lipinski definition) is 1. The molecule has 5 heteroatoms. The fraction of sp³-hybridized carbons (Fsp3) is 0.308. The summed E-state index contributed by atoms with van der Waals surface area (Å²) in [6, 6.07) is 5.27. The van der Waals surface area contributed by atoms with E-state index < -0.39 is 10.0 Å². The molecule has 0 bridgehead atoms. The summed E-state index contributed by atoms with van der Waals surface area (Å²) in [4.78, 5) is 4.18. The van der Waals surface area contributed by atoms with Crippen LogP contribution in [0.1, 0.15) is 26.3 Å². The van der Waals surface area contributed by atoms with E-state index >= 15 is 0 Å². The maximum absolute atomic E-state index is 11.7. The molecule has 0 spiro atoms. The first-order chi connectivity index (χ1) is 8.19. The van der Waals surface area contributed by atoms with Gasteiger partial charge in [0, 0.05) is 23.2 Å². The average molecular weight is 264 g/mol. The highest BCUT2D eigenvalue weighted by Crippen LogP contribution is 2.30. The van der Waals surface area contributed by atoms with E-state index in [2.05, 4.69) is 4.98 Å². The maximum atomic E-state index is 11.7. The second-order valence-corrected chi connectivity index (χ2v) is 6.90. The zero-order chi connectivity index (χ0) is 13.6. The molecule has 2 N–H and O–H groups in total. The number of sulfonamides is 1. The van der Waals surface area contributed by atoms with Gasteiger partial charge >= 0.3 is 0 Å².